The van der Waals surface area contributed by atoms with E-state index in [1.165, 1.54) is 20.8 Å². The molecule has 10 nitrogen and oxygen atoms in total. The van der Waals surface area contributed by atoms with Gasteiger partial charge in [-0.1, -0.05) is 27.7 Å². The molecule has 0 spiro atoms. The molecular weight excluding hydrogens is 425 g/mol. The van der Waals surface area contributed by atoms with Crippen molar-refractivity contribution in [3.63, 3.8) is 0 Å². The summed E-state index contributed by atoms with van der Waals surface area (Å²) in [7, 11) is 0. The molecule has 0 radical (unpaired) electrons. The largest absolute Gasteiger partial charge is 0.463 e. The Kier molecular flexibility index (Phi) is 7.52. The molecule has 5 atom stereocenters. The maximum absolute atomic E-state index is 11.3. The predicted molar refractivity (Wildman–Crippen MR) is 83.4 cm³/mol. The summed E-state index contributed by atoms with van der Waals surface area (Å²) < 4.78 is 20.2. The highest BCUT2D eigenvalue weighted by atomic mass is 127. The van der Waals surface area contributed by atoms with Gasteiger partial charge in [0.15, 0.2) is 18.4 Å². The molecule has 0 aliphatic carbocycles. The lowest BCUT2D eigenvalue weighted by atomic mass is 10.0. The Balaban J connectivity index is 3.09. The Morgan fingerprint density at radius 1 is 1.13 bits per heavy atom. The van der Waals surface area contributed by atoms with Crippen molar-refractivity contribution < 1.29 is 33.3 Å². The smallest absolute Gasteiger partial charge is 0.303 e. The molecule has 1 rings (SSSR count). The topological polar surface area (TPSA) is 137 Å². The summed E-state index contributed by atoms with van der Waals surface area (Å²) in [6.45, 7) is 3.36. The number of hydrogen-bond donors (Lipinski definition) is 0. The third-order valence-electron chi connectivity index (χ3n) is 2.81. The average Bonchev–Trinajstić information content (AvgIpc) is 2.43. The molecule has 128 valence electrons. The maximum atomic E-state index is 11.3. The number of alkyl halides is 1. The highest BCUT2D eigenvalue weighted by Gasteiger charge is 2.49. The summed E-state index contributed by atoms with van der Waals surface area (Å²) in [4.78, 5) is 36.3. The van der Waals surface area contributed by atoms with Crippen LogP contribution in [0.2, 0.25) is 0 Å². The highest BCUT2D eigenvalue weighted by molar-refractivity contribution is 14.1. The molecule has 1 aliphatic rings. The van der Waals surface area contributed by atoms with Gasteiger partial charge in [-0.2, -0.15) is 0 Å². The van der Waals surface area contributed by atoms with E-state index in [9.17, 15) is 14.4 Å². The third-order valence-corrected chi connectivity index (χ3v) is 4.14. The Labute approximate surface area is 145 Å². The van der Waals surface area contributed by atoms with Crippen LogP contribution >= 0.6 is 22.6 Å². The van der Waals surface area contributed by atoms with Gasteiger partial charge >= 0.3 is 17.9 Å². The van der Waals surface area contributed by atoms with Crippen molar-refractivity contribution in [1.82, 2.24) is 0 Å². The first-order chi connectivity index (χ1) is 10.8. The summed E-state index contributed by atoms with van der Waals surface area (Å²) in [6, 6.07) is 0. The van der Waals surface area contributed by atoms with E-state index < -0.39 is 46.4 Å². The van der Waals surface area contributed by atoms with Gasteiger partial charge in [-0.15, -0.1) is 0 Å². The van der Waals surface area contributed by atoms with E-state index in [0.29, 0.717) is 0 Å². The van der Waals surface area contributed by atoms with Crippen LogP contribution in [-0.4, -0.2) is 53.0 Å². The summed E-state index contributed by atoms with van der Waals surface area (Å²) in [5, 5.41) is 3.49. The van der Waals surface area contributed by atoms with Gasteiger partial charge in [-0.05, 0) is 5.53 Å². The van der Waals surface area contributed by atoms with Crippen molar-refractivity contribution in [2.45, 2.75) is 49.2 Å². The van der Waals surface area contributed by atoms with E-state index in [4.69, 9.17) is 24.5 Å². The normalized spacial score (nSPS) is 29.8. The molecule has 23 heavy (non-hydrogen) atoms. The number of esters is 3. The van der Waals surface area contributed by atoms with Crippen LogP contribution in [0.1, 0.15) is 20.8 Å². The van der Waals surface area contributed by atoms with Crippen molar-refractivity contribution in [2.24, 2.45) is 5.11 Å². The van der Waals surface area contributed by atoms with E-state index in [1.54, 1.807) is 0 Å². The van der Waals surface area contributed by atoms with Crippen LogP contribution in [0.25, 0.3) is 10.4 Å². The lowest BCUT2D eigenvalue weighted by Crippen LogP contribution is -2.58. The zero-order chi connectivity index (χ0) is 17.6. The first-order valence-electron chi connectivity index (χ1n) is 6.57. The van der Waals surface area contributed by atoms with Crippen LogP contribution in [0.15, 0.2) is 5.11 Å². The van der Waals surface area contributed by atoms with E-state index >= 15 is 0 Å². The SMILES string of the molecule is CC(=O)OC[C@H]1O[C@H](N=[N+]=[N-])[C@@H](I)[C@@H](OC(C)=O)[C@H]1OC(C)=O. The molecule has 0 aromatic rings. The number of carbonyl (C=O) groups excluding carboxylic acids is 3. The van der Waals surface area contributed by atoms with Gasteiger partial charge in [0.05, 0.1) is 3.92 Å². The fourth-order valence-corrected chi connectivity index (χ4v) is 2.89. The third kappa shape index (κ3) is 5.84. The Morgan fingerprint density at radius 2 is 1.70 bits per heavy atom. The van der Waals surface area contributed by atoms with Gasteiger partial charge in [0.25, 0.3) is 0 Å². The van der Waals surface area contributed by atoms with Crippen LogP contribution in [0.3, 0.4) is 0 Å². The molecule has 0 unspecified atom stereocenters. The number of azide groups is 1. The standard InChI is InChI=1S/C12H16IN3O7/c1-5(17)20-4-8-10(21-6(2)18)11(22-7(3)19)9(13)12(23-8)15-16-14/h8-12H,4H2,1-3H3/t8-,9+,10+,11-,12+/m1/s1. The quantitative estimate of drug-likeness (QED) is 0.119. The lowest BCUT2D eigenvalue weighted by Gasteiger charge is -2.41. The number of ether oxygens (including phenoxy) is 4. The van der Waals surface area contributed by atoms with Crippen LogP contribution < -0.4 is 0 Å². The first kappa shape index (κ1) is 19.5. The minimum atomic E-state index is -0.997. The van der Waals surface area contributed by atoms with Crippen molar-refractivity contribution in [3.05, 3.63) is 10.4 Å². The zero-order valence-corrected chi connectivity index (χ0v) is 14.8. The van der Waals surface area contributed by atoms with Crippen molar-refractivity contribution in [1.29, 1.82) is 0 Å². The lowest BCUT2D eigenvalue weighted by molar-refractivity contribution is -0.210. The van der Waals surface area contributed by atoms with E-state index in [2.05, 4.69) is 10.0 Å². The predicted octanol–water partition coefficient (Wildman–Crippen LogP) is 1.25. The number of halogens is 1. The minimum Gasteiger partial charge on any atom is -0.463 e. The summed E-state index contributed by atoms with van der Waals surface area (Å²) in [5.74, 6) is -1.77. The first-order valence-corrected chi connectivity index (χ1v) is 7.82. The van der Waals surface area contributed by atoms with Crippen LogP contribution in [-0.2, 0) is 33.3 Å². The molecule has 11 heteroatoms. The highest BCUT2D eigenvalue weighted by Crippen LogP contribution is 2.32. The second-order valence-electron chi connectivity index (χ2n) is 4.67. The molecule has 0 amide bonds. The maximum Gasteiger partial charge on any atom is 0.303 e. The van der Waals surface area contributed by atoms with Crippen molar-refractivity contribution in [2.75, 3.05) is 6.61 Å². The summed E-state index contributed by atoms with van der Waals surface area (Å²) >= 11 is 1.89. The number of nitrogens with zero attached hydrogens (tertiary/aromatic N) is 3. The van der Waals surface area contributed by atoms with E-state index in [1.807, 2.05) is 22.6 Å². The van der Waals surface area contributed by atoms with Crippen LogP contribution in [0.5, 0.6) is 0 Å². The number of rotatable bonds is 5. The summed E-state index contributed by atoms with van der Waals surface area (Å²) in [5.41, 5.74) is 8.62. The molecule has 1 aliphatic heterocycles. The Morgan fingerprint density at radius 3 is 2.17 bits per heavy atom. The van der Waals surface area contributed by atoms with E-state index in [0.717, 1.165) is 0 Å². The second-order valence-corrected chi connectivity index (χ2v) is 6.10. The van der Waals surface area contributed by atoms with Gasteiger partial charge in [-0.25, -0.2) is 0 Å². The molecular formula is C12H16IN3O7. The fourth-order valence-electron chi connectivity index (χ4n) is 2.02. The zero-order valence-electron chi connectivity index (χ0n) is 12.7. The molecule has 0 aromatic carbocycles. The van der Waals surface area contributed by atoms with E-state index in [-0.39, 0.29) is 6.61 Å². The monoisotopic (exact) mass is 441 g/mol. The Hall–Kier alpha value is -1.59. The van der Waals surface area contributed by atoms with Gasteiger partial charge in [0, 0.05) is 25.7 Å². The van der Waals surface area contributed by atoms with Gasteiger partial charge in [0.1, 0.15) is 12.7 Å². The molecule has 1 saturated heterocycles. The minimum absolute atomic E-state index is 0.244. The Bertz CT molecular complexity index is 523. The summed E-state index contributed by atoms with van der Waals surface area (Å²) in [6.07, 6.45) is -3.82. The molecule has 1 fully saturated rings. The van der Waals surface area contributed by atoms with Gasteiger partial charge in [-0.3, -0.25) is 14.4 Å². The van der Waals surface area contributed by atoms with Gasteiger partial charge in [0.2, 0.25) is 0 Å². The molecule has 0 N–H and O–H groups in total. The molecule has 0 aromatic heterocycles. The average molecular weight is 441 g/mol. The second kappa shape index (κ2) is 8.89. The number of hydrogen-bond acceptors (Lipinski definition) is 8. The van der Waals surface area contributed by atoms with Crippen molar-refractivity contribution >= 4 is 40.5 Å². The van der Waals surface area contributed by atoms with Crippen LogP contribution in [0, 0.1) is 0 Å². The molecule has 1 heterocycles. The van der Waals surface area contributed by atoms with Crippen LogP contribution in [0.4, 0.5) is 0 Å². The number of carbonyl (C=O) groups is 3. The molecule has 0 bridgehead atoms. The fraction of sp³-hybridized carbons (Fsp3) is 0.750. The van der Waals surface area contributed by atoms with Crippen molar-refractivity contribution in [3.8, 4) is 0 Å². The molecule has 0 saturated carbocycles. The van der Waals surface area contributed by atoms with Gasteiger partial charge < -0.3 is 18.9 Å².